The number of carbonyl (C=O) groups is 1. The molecule has 2 aromatic carbocycles. The lowest BCUT2D eigenvalue weighted by molar-refractivity contribution is -0.137. The highest BCUT2D eigenvalue weighted by Crippen LogP contribution is 2.34. The lowest BCUT2D eigenvalue weighted by atomic mass is 10.1. The number of nitrogens with zero attached hydrogens (tertiary/aromatic N) is 1. The van der Waals surface area contributed by atoms with Gasteiger partial charge in [0.25, 0.3) is 5.91 Å². The van der Waals surface area contributed by atoms with Crippen LogP contribution in [-0.2, 0) is 16.2 Å². The summed E-state index contributed by atoms with van der Waals surface area (Å²) in [5, 5.41) is 2.38. The fourth-order valence-corrected chi connectivity index (χ4v) is 5.11. The second-order valence-corrected chi connectivity index (χ2v) is 8.96. The van der Waals surface area contributed by atoms with Gasteiger partial charge in [-0.15, -0.1) is 0 Å². The Bertz CT molecular complexity index is 1050. The van der Waals surface area contributed by atoms with E-state index in [1.54, 1.807) is 6.92 Å². The third kappa shape index (κ3) is 5.19. The Labute approximate surface area is 179 Å². The standard InChI is InChI=1S/C21H23F3N2O4S/c1-2-30-18-11-10-15(14-19(18)31(28,29)26-12-6-3-7-13-26)25-20(27)16-8-4-5-9-17(16)21(22,23)24/h4-5,8-11,14H,2-3,6-7,12-13H2,1H3,(H,25,27). The lowest BCUT2D eigenvalue weighted by Crippen LogP contribution is -2.35. The Morgan fingerprint density at radius 2 is 1.77 bits per heavy atom. The van der Waals surface area contributed by atoms with Gasteiger partial charge < -0.3 is 10.1 Å². The minimum atomic E-state index is -4.70. The van der Waals surface area contributed by atoms with E-state index in [-0.39, 0.29) is 22.9 Å². The molecule has 0 aromatic heterocycles. The van der Waals surface area contributed by atoms with Gasteiger partial charge >= 0.3 is 6.18 Å². The van der Waals surface area contributed by atoms with Crippen LogP contribution < -0.4 is 10.1 Å². The van der Waals surface area contributed by atoms with Crippen molar-refractivity contribution in [1.29, 1.82) is 0 Å². The number of hydrogen-bond acceptors (Lipinski definition) is 4. The predicted octanol–water partition coefficient (Wildman–Crippen LogP) is 4.53. The van der Waals surface area contributed by atoms with Gasteiger partial charge in [-0.1, -0.05) is 18.6 Å². The number of ether oxygens (including phenoxy) is 1. The fourth-order valence-electron chi connectivity index (χ4n) is 3.43. The summed E-state index contributed by atoms with van der Waals surface area (Å²) in [6.07, 6.45) is -2.27. The van der Waals surface area contributed by atoms with Gasteiger partial charge in [-0.05, 0) is 50.1 Å². The van der Waals surface area contributed by atoms with Gasteiger partial charge in [-0.25, -0.2) is 8.42 Å². The normalized spacial score (nSPS) is 15.5. The van der Waals surface area contributed by atoms with Gasteiger partial charge in [0.15, 0.2) is 0 Å². The SMILES string of the molecule is CCOc1ccc(NC(=O)c2ccccc2C(F)(F)F)cc1S(=O)(=O)N1CCCCC1. The number of halogens is 3. The quantitative estimate of drug-likeness (QED) is 0.693. The van der Waals surface area contributed by atoms with Gasteiger partial charge in [-0.2, -0.15) is 17.5 Å². The fraction of sp³-hybridized carbons (Fsp3) is 0.381. The number of nitrogens with one attached hydrogen (secondary N) is 1. The van der Waals surface area contributed by atoms with Gasteiger partial charge in [0.1, 0.15) is 10.6 Å². The molecule has 3 rings (SSSR count). The second-order valence-electron chi connectivity index (χ2n) is 7.06. The molecule has 0 aliphatic carbocycles. The number of anilines is 1. The molecular weight excluding hydrogens is 433 g/mol. The molecule has 1 amide bonds. The van der Waals surface area contributed by atoms with Gasteiger partial charge in [0.05, 0.1) is 17.7 Å². The summed E-state index contributed by atoms with van der Waals surface area (Å²) < 4.78 is 72.8. The smallest absolute Gasteiger partial charge is 0.417 e. The second kappa shape index (κ2) is 9.27. The number of benzene rings is 2. The minimum absolute atomic E-state index is 0.0565. The average Bonchev–Trinajstić information content (AvgIpc) is 2.75. The van der Waals surface area contributed by atoms with Crippen LogP contribution in [-0.4, -0.2) is 38.3 Å². The highest BCUT2D eigenvalue weighted by Gasteiger charge is 2.35. The van der Waals surface area contributed by atoms with Crippen LogP contribution in [0, 0.1) is 0 Å². The van der Waals surface area contributed by atoms with Crippen molar-refractivity contribution in [2.45, 2.75) is 37.3 Å². The molecular formula is C21H23F3N2O4S. The highest BCUT2D eigenvalue weighted by atomic mass is 32.2. The first-order valence-electron chi connectivity index (χ1n) is 9.89. The number of sulfonamides is 1. The highest BCUT2D eigenvalue weighted by molar-refractivity contribution is 7.89. The van der Waals surface area contributed by atoms with E-state index in [0.717, 1.165) is 31.4 Å². The summed E-state index contributed by atoms with van der Waals surface area (Å²) in [4.78, 5) is 12.4. The minimum Gasteiger partial charge on any atom is -0.492 e. The van der Waals surface area contributed by atoms with E-state index in [2.05, 4.69) is 5.32 Å². The van der Waals surface area contributed by atoms with Gasteiger partial charge in [0, 0.05) is 18.8 Å². The maximum Gasteiger partial charge on any atom is 0.417 e. The molecule has 0 bridgehead atoms. The Morgan fingerprint density at radius 1 is 1.10 bits per heavy atom. The Hall–Kier alpha value is -2.59. The van der Waals surface area contributed by atoms with Crippen molar-refractivity contribution in [3.8, 4) is 5.75 Å². The Morgan fingerprint density at radius 3 is 2.42 bits per heavy atom. The molecule has 31 heavy (non-hydrogen) atoms. The number of piperidine rings is 1. The number of rotatable bonds is 6. The Balaban J connectivity index is 1.95. The van der Waals surface area contributed by atoms with Crippen LogP contribution in [0.4, 0.5) is 18.9 Å². The van der Waals surface area contributed by atoms with E-state index < -0.39 is 33.2 Å². The first kappa shape index (κ1) is 23.1. The van der Waals surface area contributed by atoms with E-state index in [1.165, 1.54) is 34.6 Å². The van der Waals surface area contributed by atoms with Gasteiger partial charge in [0.2, 0.25) is 10.0 Å². The van der Waals surface area contributed by atoms with E-state index in [0.29, 0.717) is 13.1 Å². The number of carbonyl (C=O) groups excluding carboxylic acids is 1. The van der Waals surface area contributed by atoms with Crippen LogP contribution in [0.15, 0.2) is 47.4 Å². The molecule has 0 atom stereocenters. The summed E-state index contributed by atoms with van der Waals surface area (Å²) in [5.41, 5.74) is -1.56. The van der Waals surface area contributed by atoms with Crippen molar-refractivity contribution in [2.24, 2.45) is 0 Å². The van der Waals surface area contributed by atoms with Crippen molar-refractivity contribution in [3.63, 3.8) is 0 Å². The zero-order valence-electron chi connectivity index (χ0n) is 16.9. The number of hydrogen-bond donors (Lipinski definition) is 1. The monoisotopic (exact) mass is 456 g/mol. The third-order valence-corrected chi connectivity index (χ3v) is 6.83. The Kier molecular flexibility index (Phi) is 6.90. The summed E-state index contributed by atoms with van der Waals surface area (Å²) in [5.74, 6) is -0.861. The van der Waals surface area contributed by atoms with E-state index in [1.807, 2.05) is 0 Å². The topological polar surface area (TPSA) is 75.7 Å². The van der Waals surface area contributed by atoms with E-state index in [9.17, 15) is 26.4 Å². The largest absolute Gasteiger partial charge is 0.492 e. The molecule has 0 unspecified atom stereocenters. The van der Waals surface area contributed by atoms with Crippen molar-refractivity contribution in [2.75, 3.05) is 25.0 Å². The molecule has 0 saturated carbocycles. The lowest BCUT2D eigenvalue weighted by Gasteiger charge is -2.27. The maximum atomic E-state index is 13.2. The van der Waals surface area contributed by atoms with Crippen molar-refractivity contribution in [3.05, 3.63) is 53.6 Å². The summed E-state index contributed by atoms with van der Waals surface area (Å²) in [6.45, 7) is 2.70. The predicted molar refractivity (Wildman–Crippen MR) is 110 cm³/mol. The van der Waals surface area contributed by atoms with Gasteiger partial charge in [-0.3, -0.25) is 4.79 Å². The molecule has 10 heteroatoms. The molecule has 1 aliphatic heterocycles. The van der Waals surface area contributed by atoms with E-state index in [4.69, 9.17) is 4.74 Å². The molecule has 1 aliphatic rings. The zero-order valence-corrected chi connectivity index (χ0v) is 17.7. The third-order valence-electron chi connectivity index (χ3n) is 4.91. The maximum absolute atomic E-state index is 13.2. The number of alkyl halides is 3. The summed E-state index contributed by atoms with van der Waals surface area (Å²) in [7, 11) is -3.89. The molecule has 168 valence electrons. The van der Waals surface area contributed by atoms with Crippen LogP contribution in [0.25, 0.3) is 0 Å². The molecule has 1 fully saturated rings. The first-order chi connectivity index (χ1) is 14.6. The van der Waals surface area contributed by atoms with Crippen LogP contribution in [0.5, 0.6) is 5.75 Å². The molecule has 2 aromatic rings. The first-order valence-corrected chi connectivity index (χ1v) is 11.3. The van der Waals surface area contributed by atoms with Crippen molar-refractivity contribution >= 4 is 21.6 Å². The average molecular weight is 456 g/mol. The van der Waals surface area contributed by atoms with Crippen LogP contribution in [0.3, 0.4) is 0 Å². The van der Waals surface area contributed by atoms with Crippen molar-refractivity contribution in [1.82, 2.24) is 4.31 Å². The van der Waals surface area contributed by atoms with Crippen molar-refractivity contribution < 1.29 is 31.1 Å². The zero-order chi connectivity index (χ0) is 22.6. The molecule has 0 spiro atoms. The summed E-state index contributed by atoms with van der Waals surface area (Å²) in [6, 6.07) is 8.43. The van der Waals surface area contributed by atoms with E-state index >= 15 is 0 Å². The molecule has 1 heterocycles. The molecule has 1 saturated heterocycles. The van der Waals surface area contributed by atoms with Crippen LogP contribution in [0.2, 0.25) is 0 Å². The molecule has 0 radical (unpaired) electrons. The molecule has 1 N–H and O–H groups in total. The number of amides is 1. The molecule has 6 nitrogen and oxygen atoms in total. The van der Waals surface area contributed by atoms with Crippen LogP contribution >= 0.6 is 0 Å². The van der Waals surface area contributed by atoms with Crippen LogP contribution in [0.1, 0.15) is 42.1 Å². The summed E-state index contributed by atoms with van der Waals surface area (Å²) >= 11 is 0.